The van der Waals surface area contributed by atoms with Crippen molar-refractivity contribution in [2.24, 2.45) is 0 Å². The standard InChI is InChI=1S/C21H14ClF7N4O/c1-10-8-33-16(30-31-18(33)11-5-6-13(15(23)7-11)20(24,25)26)9-32(10)19(34)12-3-2-4-14(17(12)22)21(27,28)29/h2-7,10H,8-9H2,1H3. The number of carbonyl (C=O) groups excluding carboxylic acids is 1. The fourth-order valence-corrected chi connectivity index (χ4v) is 4.07. The minimum atomic E-state index is -4.85. The molecule has 2 heterocycles. The highest BCUT2D eigenvalue weighted by atomic mass is 35.5. The van der Waals surface area contributed by atoms with Crippen LogP contribution in [-0.4, -0.2) is 31.6 Å². The number of halogens is 8. The second-order valence-corrected chi connectivity index (χ2v) is 8.07. The summed E-state index contributed by atoms with van der Waals surface area (Å²) in [6.45, 7) is 1.55. The van der Waals surface area contributed by atoms with E-state index in [1.807, 2.05) is 0 Å². The highest BCUT2D eigenvalue weighted by Crippen LogP contribution is 2.37. The average Bonchev–Trinajstić information content (AvgIpc) is 3.13. The highest BCUT2D eigenvalue weighted by molar-refractivity contribution is 6.34. The highest BCUT2D eigenvalue weighted by Gasteiger charge is 2.38. The fourth-order valence-electron chi connectivity index (χ4n) is 3.76. The van der Waals surface area contributed by atoms with Crippen LogP contribution in [0, 0.1) is 5.82 Å². The van der Waals surface area contributed by atoms with Gasteiger partial charge in [0.15, 0.2) is 11.6 Å². The molecule has 1 aliphatic heterocycles. The maximum absolute atomic E-state index is 14.0. The Morgan fingerprint density at radius 2 is 1.71 bits per heavy atom. The summed E-state index contributed by atoms with van der Waals surface area (Å²) in [6, 6.07) is 4.83. The predicted octanol–water partition coefficient (Wildman–Crippen LogP) is 5.82. The molecule has 0 N–H and O–H groups in total. The van der Waals surface area contributed by atoms with Crippen LogP contribution in [0.5, 0.6) is 0 Å². The van der Waals surface area contributed by atoms with Crippen molar-refractivity contribution >= 4 is 17.5 Å². The summed E-state index contributed by atoms with van der Waals surface area (Å²) in [6.07, 6.45) is -9.60. The molecule has 0 bridgehead atoms. The number of hydrogen-bond acceptors (Lipinski definition) is 3. The zero-order valence-corrected chi connectivity index (χ0v) is 17.9. The van der Waals surface area contributed by atoms with Crippen LogP contribution < -0.4 is 0 Å². The van der Waals surface area contributed by atoms with Crippen molar-refractivity contribution in [3.05, 3.63) is 69.8 Å². The third-order valence-electron chi connectivity index (χ3n) is 5.45. The number of benzene rings is 2. The number of carbonyl (C=O) groups is 1. The molecular formula is C21H14ClF7N4O. The van der Waals surface area contributed by atoms with Gasteiger partial charge < -0.3 is 9.47 Å². The van der Waals surface area contributed by atoms with Crippen LogP contribution in [0.1, 0.15) is 34.2 Å². The third-order valence-corrected chi connectivity index (χ3v) is 5.85. The Morgan fingerprint density at radius 3 is 2.32 bits per heavy atom. The zero-order valence-electron chi connectivity index (χ0n) is 17.2. The molecule has 1 aliphatic rings. The predicted molar refractivity (Wildman–Crippen MR) is 106 cm³/mol. The van der Waals surface area contributed by atoms with Crippen molar-refractivity contribution in [1.82, 2.24) is 19.7 Å². The second kappa shape index (κ2) is 8.26. The van der Waals surface area contributed by atoms with Gasteiger partial charge in [-0.05, 0) is 31.2 Å². The average molecular weight is 507 g/mol. The van der Waals surface area contributed by atoms with Gasteiger partial charge in [-0.15, -0.1) is 10.2 Å². The molecular weight excluding hydrogens is 493 g/mol. The van der Waals surface area contributed by atoms with Gasteiger partial charge in [0.25, 0.3) is 5.91 Å². The lowest BCUT2D eigenvalue weighted by molar-refractivity contribution is -0.140. The largest absolute Gasteiger partial charge is 0.419 e. The Bertz CT molecular complexity index is 1270. The number of alkyl halides is 6. The lowest BCUT2D eigenvalue weighted by Gasteiger charge is -2.34. The first kappa shape index (κ1) is 24.0. The van der Waals surface area contributed by atoms with Gasteiger partial charge in [0.2, 0.25) is 0 Å². The first-order chi connectivity index (χ1) is 15.8. The van der Waals surface area contributed by atoms with E-state index in [2.05, 4.69) is 10.2 Å². The molecule has 3 aromatic rings. The molecule has 5 nitrogen and oxygen atoms in total. The smallest absolute Gasteiger partial charge is 0.327 e. The van der Waals surface area contributed by atoms with E-state index in [9.17, 15) is 35.5 Å². The quantitative estimate of drug-likeness (QED) is 0.412. The van der Waals surface area contributed by atoms with E-state index < -0.39 is 46.3 Å². The molecule has 2 aromatic carbocycles. The molecule has 0 fully saturated rings. The van der Waals surface area contributed by atoms with Crippen LogP contribution in [-0.2, 0) is 25.4 Å². The second-order valence-electron chi connectivity index (χ2n) is 7.69. The zero-order chi connectivity index (χ0) is 25.0. The van der Waals surface area contributed by atoms with E-state index in [0.717, 1.165) is 18.2 Å². The molecule has 0 spiro atoms. The Morgan fingerprint density at radius 1 is 1.03 bits per heavy atom. The number of fused-ring (bicyclic) bond motifs is 1. The summed E-state index contributed by atoms with van der Waals surface area (Å²) < 4.78 is 93.6. The molecule has 13 heteroatoms. The van der Waals surface area contributed by atoms with Crippen LogP contribution in [0.25, 0.3) is 11.4 Å². The van der Waals surface area contributed by atoms with Gasteiger partial charge in [0, 0.05) is 18.2 Å². The first-order valence-corrected chi connectivity index (χ1v) is 10.1. The van der Waals surface area contributed by atoms with Gasteiger partial charge >= 0.3 is 12.4 Å². The third kappa shape index (κ3) is 4.22. The number of amides is 1. The van der Waals surface area contributed by atoms with Gasteiger partial charge in [-0.1, -0.05) is 23.7 Å². The van der Waals surface area contributed by atoms with Crippen molar-refractivity contribution in [1.29, 1.82) is 0 Å². The summed E-state index contributed by atoms with van der Waals surface area (Å²) in [4.78, 5) is 14.3. The minimum Gasteiger partial charge on any atom is -0.327 e. The van der Waals surface area contributed by atoms with Crippen LogP contribution >= 0.6 is 11.6 Å². The van der Waals surface area contributed by atoms with Gasteiger partial charge in [0.05, 0.1) is 28.3 Å². The molecule has 4 rings (SSSR count). The van der Waals surface area contributed by atoms with E-state index in [1.54, 1.807) is 6.92 Å². The van der Waals surface area contributed by atoms with E-state index in [-0.39, 0.29) is 35.9 Å². The summed E-state index contributed by atoms with van der Waals surface area (Å²) in [5.74, 6) is -1.90. The lowest BCUT2D eigenvalue weighted by atomic mass is 10.1. The van der Waals surface area contributed by atoms with Crippen molar-refractivity contribution in [2.45, 2.75) is 38.4 Å². The SMILES string of the molecule is CC1Cn2c(nnc2-c2ccc(C(F)(F)F)c(F)c2)CN1C(=O)c1cccc(C(F)(F)F)c1Cl. The normalized spacial score (nSPS) is 16.5. The number of nitrogens with zero attached hydrogens (tertiary/aromatic N) is 4. The summed E-state index contributed by atoms with van der Waals surface area (Å²) in [5.41, 5.74) is -2.84. The Balaban J connectivity index is 1.65. The molecule has 1 amide bonds. The summed E-state index contributed by atoms with van der Waals surface area (Å²) in [5, 5.41) is 7.13. The number of rotatable bonds is 2. The monoisotopic (exact) mass is 506 g/mol. The lowest BCUT2D eigenvalue weighted by Crippen LogP contribution is -2.45. The molecule has 1 atom stereocenters. The Hall–Kier alpha value is -3.15. The van der Waals surface area contributed by atoms with Gasteiger partial charge in [-0.3, -0.25) is 4.79 Å². The molecule has 1 aromatic heterocycles. The molecule has 34 heavy (non-hydrogen) atoms. The van der Waals surface area contributed by atoms with Crippen molar-refractivity contribution in [3.63, 3.8) is 0 Å². The van der Waals surface area contributed by atoms with E-state index in [1.165, 1.54) is 15.5 Å². The number of hydrogen-bond donors (Lipinski definition) is 0. The number of aromatic nitrogens is 3. The molecule has 180 valence electrons. The summed E-state index contributed by atoms with van der Waals surface area (Å²) >= 11 is 5.88. The van der Waals surface area contributed by atoms with E-state index in [0.29, 0.717) is 12.1 Å². The Kier molecular flexibility index (Phi) is 5.83. The molecule has 0 saturated carbocycles. The topological polar surface area (TPSA) is 51.0 Å². The van der Waals surface area contributed by atoms with Crippen LogP contribution in [0.2, 0.25) is 5.02 Å². The van der Waals surface area contributed by atoms with Crippen LogP contribution in [0.15, 0.2) is 36.4 Å². The molecule has 0 radical (unpaired) electrons. The van der Waals surface area contributed by atoms with Gasteiger partial charge in [0.1, 0.15) is 5.82 Å². The van der Waals surface area contributed by atoms with Gasteiger partial charge in [-0.2, -0.15) is 26.3 Å². The fraction of sp³-hybridized carbons (Fsp3) is 0.286. The van der Waals surface area contributed by atoms with Gasteiger partial charge in [-0.25, -0.2) is 4.39 Å². The van der Waals surface area contributed by atoms with Crippen LogP contribution in [0.3, 0.4) is 0 Å². The minimum absolute atomic E-state index is 0.0529. The van der Waals surface area contributed by atoms with Crippen LogP contribution in [0.4, 0.5) is 30.7 Å². The van der Waals surface area contributed by atoms with E-state index in [4.69, 9.17) is 11.6 Å². The van der Waals surface area contributed by atoms with E-state index >= 15 is 0 Å². The van der Waals surface area contributed by atoms with Crippen molar-refractivity contribution < 1.29 is 35.5 Å². The van der Waals surface area contributed by atoms with Crippen molar-refractivity contribution in [2.75, 3.05) is 0 Å². The molecule has 0 saturated heterocycles. The maximum atomic E-state index is 14.0. The summed E-state index contributed by atoms with van der Waals surface area (Å²) in [7, 11) is 0. The Labute approximate surface area is 192 Å². The first-order valence-electron chi connectivity index (χ1n) is 9.75. The maximum Gasteiger partial charge on any atom is 0.419 e. The molecule has 1 unspecified atom stereocenters. The van der Waals surface area contributed by atoms with Crippen molar-refractivity contribution in [3.8, 4) is 11.4 Å². The molecule has 0 aliphatic carbocycles.